The summed E-state index contributed by atoms with van der Waals surface area (Å²) >= 11 is 6.68. The van der Waals surface area contributed by atoms with E-state index < -0.39 is 5.82 Å². The summed E-state index contributed by atoms with van der Waals surface area (Å²) in [4.78, 5) is 14.0. The van der Waals surface area contributed by atoms with Crippen molar-refractivity contribution in [3.8, 4) is 0 Å². The zero-order valence-electron chi connectivity index (χ0n) is 9.71. The first-order valence-corrected chi connectivity index (χ1v) is 6.97. The standard InChI is InChI=1S/C12H14Br2FNO/c1-8(13)5-6-16(2)12(17)10-7-9(15)3-4-11(10)14/h3-4,7-8H,5-6H2,1-2H3. The number of nitrogens with zero attached hydrogens (tertiary/aromatic N) is 1. The van der Waals surface area contributed by atoms with Crippen LogP contribution in [0.15, 0.2) is 22.7 Å². The molecule has 1 aromatic carbocycles. The molecule has 2 nitrogen and oxygen atoms in total. The fourth-order valence-electron chi connectivity index (χ4n) is 1.34. The number of carbonyl (C=O) groups excluding carboxylic acids is 1. The molecule has 1 unspecified atom stereocenters. The summed E-state index contributed by atoms with van der Waals surface area (Å²) in [6.07, 6.45) is 0.856. The highest BCUT2D eigenvalue weighted by molar-refractivity contribution is 9.10. The van der Waals surface area contributed by atoms with Gasteiger partial charge in [0.25, 0.3) is 5.91 Å². The molecule has 1 atom stereocenters. The molecule has 1 rings (SSSR count). The van der Waals surface area contributed by atoms with Crippen molar-refractivity contribution in [2.24, 2.45) is 0 Å². The number of alkyl halides is 1. The van der Waals surface area contributed by atoms with Crippen molar-refractivity contribution < 1.29 is 9.18 Å². The Bertz CT molecular complexity index is 409. The second kappa shape index (κ2) is 6.50. The number of hydrogen-bond acceptors (Lipinski definition) is 1. The quantitative estimate of drug-likeness (QED) is 0.741. The molecule has 0 radical (unpaired) electrons. The van der Waals surface area contributed by atoms with E-state index >= 15 is 0 Å². The normalized spacial score (nSPS) is 12.3. The summed E-state index contributed by atoms with van der Waals surface area (Å²) in [7, 11) is 1.72. The highest BCUT2D eigenvalue weighted by Crippen LogP contribution is 2.19. The molecule has 0 saturated carbocycles. The Morgan fingerprint density at radius 2 is 2.18 bits per heavy atom. The number of hydrogen-bond donors (Lipinski definition) is 0. The average molecular weight is 367 g/mol. The van der Waals surface area contributed by atoms with Crippen LogP contribution in [-0.4, -0.2) is 29.2 Å². The Balaban J connectivity index is 2.78. The molecule has 0 aromatic heterocycles. The van der Waals surface area contributed by atoms with Crippen LogP contribution in [0, 0.1) is 5.82 Å². The van der Waals surface area contributed by atoms with Crippen molar-refractivity contribution in [1.82, 2.24) is 4.90 Å². The molecule has 1 amide bonds. The van der Waals surface area contributed by atoms with Gasteiger partial charge < -0.3 is 4.90 Å². The zero-order chi connectivity index (χ0) is 13.0. The van der Waals surface area contributed by atoms with Gasteiger partial charge in [-0.25, -0.2) is 4.39 Å². The van der Waals surface area contributed by atoms with Gasteiger partial charge in [-0.3, -0.25) is 4.79 Å². The Labute approximate surface area is 117 Å². The topological polar surface area (TPSA) is 20.3 Å². The third-order valence-corrected chi connectivity index (χ3v) is 3.52. The summed E-state index contributed by atoms with van der Waals surface area (Å²) in [5.41, 5.74) is 0.356. The van der Waals surface area contributed by atoms with Crippen molar-refractivity contribution in [2.45, 2.75) is 18.2 Å². The number of amides is 1. The van der Waals surface area contributed by atoms with Crippen LogP contribution >= 0.6 is 31.9 Å². The van der Waals surface area contributed by atoms with Gasteiger partial charge in [0, 0.05) is 22.9 Å². The number of halogens is 3. The van der Waals surface area contributed by atoms with E-state index in [0.29, 0.717) is 21.4 Å². The van der Waals surface area contributed by atoms with Crippen LogP contribution in [-0.2, 0) is 0 Å². The second-order valence-electron chi connectivity index (χ2n) is 3.92. The van der Waals surface area contributed by atoms with E-state index in [1.54, 1.807) is 18.0 Å². The van der Waals surface area contributed by atoms with Crippen molar-refractivity contribution in [3.63, 3.8) is 0 Å². The smallest absolute Gasteiger partial charge is 0.254 e. The Morgan fingerprint density at radius 3 is 2.76 bits per heavy atom. The lowest BCUT2D eigenvalue weighted by Gasteiger charge is -2.18. The van der Waals surface area contributed by atoms with Crippen LogP contribution in [0.3, 0.4) is 0 Å². The van der Waals surface area contributed by atoms with Crippen molar-refractivity contribution in [3.05, 3.63) is 34.1 Å². The van der Waals surface area contributed by atoms with Crippen LogP contribution in [0.2, 0.25) is 0 Å². The molecule has 0 aliphatic rings. The monoisotopic (exact) mass is 365 g/mol. The largest absolute Gasteiger partial charge is 0.342 e. The SMILES string of the molecule is CC(Br)CCN(C)C(=O)c1cc(F)ccc1Br. The lowest BCUT2D eigenvalue weighted by atomic mass is 10.2. The van der Waals surface area contributed by atoms with E-state index in [1.165, 1.54) is 12.1 Å². The predicted molar refractivity (Wildman–Crippen MR) is 74.1 cm³/mol. The average Bonchev–Trinajstić information content (AvgIpc) is 2.28. The molecule has 0 aliphatic carbocycles. The van der Waals surface area contributed by atoms with E-state index in [-0.39, 0.29) is 5.91 Å². The van der Waals surface area contributed by atoms with E-state index in [0.717, 1.165) is 6.42 Å². The molecule has 0 saturated heterocycles. The maximum atomic E-state index is 13.1. The number of rotatable bonds is 4. The van der Waals surface area contributed by atoms with E-state index in [9.17, 15) is 9.18 Å². The van der Waals surface area contributed by atoms with Gasteiger partial charge in [-0.2, -0.15) is 0 Å². The van der Waals surface area contributed by atoms with Gasteiger partial charge >= 0.3 is 0 Å². The summed E-state index contributed by atoms with van der Waals surface area (Å²) < 4.78 is 13.7. The third kappa shape index (κ3) is 4.39. The van der Waals surface area contributed by atoms with Crippen molar-refractivity contribution >= 4 is 37.8 Å². The molecule has 0 aliphatic heterocycles. The maximum Gasteiger partial charge on any atom is 0.254 e. The lowest BCUT2D eigenvalue weighted by Crippen LogP contribution is -2.29. The fraction of sp³-hybridized carbons (Fsp3) is 0.417. The minimum Gasteiger partial charge on any atom is -0.342 e. The molecule has 0 spiro atoms. The molecule has 0 heterocycles. The van der Waals surface area contributed by atoms with Crippen LogP contribution in [0.25, 0.3) is 0 Å². The fourth-order valence-corrected chi connectivity index (χ4v) is 1.96. The highest BCUT2D eigenvalue weighted by atomic mass is 79.9. The van der Waals surface area contributed by atoms with Gasteiger partial charge in [0.2, 0.25) is 0 Å². The van der Waals surface area contributed by atoms with Gasteiger partial charge in [0.05, 0.1) is 5.56 Å². The summed E-state index contributed by atoms with van der Waals surface area (Å²) in [5, 5.41) is 0. The predicted octanol–water partition coefficient (Wildman–Crippen LogP) is 3.83. The molecule has 1 aromatic rings. The van der Waals surface area contributed by atoms with Crippen molar-refractivity contribution in [2.75, 3.05) is 13.6 Å². The van der Waals surface area contributed by atoms with Crippen LogP contribution in [0.5, 0.6) is 0 Å². The number of benzene rings is 1. The van der Waals surface area contributed by atoms with Crippen molar-refractivity contribution in [1.29, 1.82) is 0 Å². The molecule has 94 valence electrons. The molecular formula is C12H14Br2FNO. The Kier molecular flexibility index (Phi) is 5.59. The van der Waals surface area contributed by atoms with Gasteiger partial charge in [0.1, 0.15) is 5.82 Å². The molecule has 0 N–H and O–H groups in total. The van der Waals surface area contributed by atoms with E-state index in [1.807, 2.05) is 6.92 Å². The van der Waals surface area contributed by atoms with Gasteiger partial charge in [-0.1, -0.05) is 22.9 Å². The minimum atomic E-state index is -0.404. The Hall–Kier alpha value is -0.420. The maximum absolute atomic E-state index is 13.1. The molecule has 0 bridgehead atoms. The molecule has 17 heavy (non-hydrogen) atoms. The third-order valence-electron chi connectivity index (χ3n) is 2.37. The minimum absolute atomic E-state index is 0.176. The first-order chi connectivity index (χ1) is 7.91. The highest BCUT2D eigenvalue weighted by Gasteiger charge is 2.15. The molecule has 0 fully saturated rings. The summed E-state index contributed by atoms with van der Waals surface area (Å²) in [5.74, 6) is -0.580. The number of carbonyl (C=O) groups is 1. The molecule has 5 heteroatoms. The van der Waals surface area contributed by atoms with E-state index in [4.69, 9.17) is 0 Å². The first-order valence-electron chi connectivity index (χ1n) is 5.26. The zero-order valence-corrected chi connectivity index (χ0v) is 12.9. The first kappa shape index (κ1) is 14.6. The summed E-state index contributed by atoms with van der Waals surface area (Å²) in [6.45, 7) is 2.66. The van der Waals surface area contributed by atoms with Gasteiger partial charge in [-0.15, -0.1) is 0 Å². The van der Waals surface area contributed by atoms with Crippen LogP contribution in [0.4, 0.5) is 4.39 Å². The summed E-state index contributed by atoms with van der Waals surface area (Å²) in [6, 6.07) is 4.12. The Morgan fingerprint density at radius 1 is 1.53 bits per heavy atom. The van der Waals surface area contributed by atoms with Crippen LogP contribution in [0.1, 0.15) is 23.7 Å². The lowest BCUT2D eigenvalue weighted by molar-refractivity contribution is 0.0792. The van der Waals surface area contributed by atoms with Crippen LogP contribution < -0.4 is 0 Å². The van der Waals surface area contributed by atoms with Gasteiger partial charge in [0.15, 0.2) is 0 Å². The second-order valence-corrected chi connectivity index (χ2v) is 6.34. The van der Waals surface area contributed by atoms with E-state index in [2.05, 4.69) is 31.9 Å². The molecular weight excluding hydrogens is 353 g/mol. The van der Waals surface area contributed by atoms with Gasteiger partial charge in [-0.05, 0) is 40.5 Å².